The Morgan fingerprint density at radius 1 is 1.07 bits per heavy atom. The molecule has 28 heavy (non-hydrogen) atoms. The Bertz CT molecular complexity index is 897. The molecule has 5 heteroatoms. The summed E-state index contributed by atoms with van der Waals surface area (Å²) in [6, 6.07) is 10.9. The molecule has 0 spiro atoms. The zero-order valence-electron chi connectivity index (χ0n) is 17.0. The molecular weight excluding hydrogens is 351 g/mol. The summed E-state index contributed by atoms with van der Waals surface area (Å²) < 4.78 is 13.0. The van der Waals surface area contributed by atoms with Crippen LogP contribution in [0.3, 0.4) is 0 Å². The third kappa shape index (κ3) is 4.65. The third-order valence-corrected chi connectivity index (χ3v) is 5.56. The zero-order chi connectivity index (χ0) is 20.3. The Balaban J connectivity index is 1.72. The number of imidazole rings is 1. The predicted octanol–water partition coefficient (Wildman–Crippen LogP) is 5.39. The van der Waals surface area contributed by atoms with E-state index >= 15 is 0 Å². The number of benzene rings is 1. The van der Waals surface area contributed by atoms with Crippen molar-refractivity contribution < 1.29 is 4.39 Å². The van der Waals surface area contributed by atoms with Crippen molar-refractivity contribution >= 4 is 0 Å². The van der Waals surface area contributed by atoms with E-state index in [1.54, 1.807) is 6.07 Å². The Labute approximate surface area is 166 Å². The lowest BCUT2D eigenvalue weighted by molar-refractivity contribution is 0.345. The monoisotopic (exact) mass is 380 g/mol. The molecule has 3 aromatic rings. The van der Waals surface area contributed by atoms with Crippen LogP contribution in [0.2, 0.25) is 0 Å². The maximum atomic E-state index is 13.0. The second-order valence-corrected chi connectivity index (χ2v) is 8.29. The van der Waals surface area contributed by atoms with Gasteiger partial charge < -0.3 is 10.7 Å². The molecule has 2 atom stereocenters. The van der Waals surface area contributed by atoms with Crippen molar-refractivity contribution in [1.29, 1.82) is 0 Å². The lowest BCUT2D eigenvalue weighted by Gasteiger charge is -2.21. The predicted molar refractivity (Wildman–Crippen MR) is 111 cm³/mol. The average molecular weight is 381 g/mol. The Morgan fingerprint density at radius 2 is 1.79 bits per heavy atom. The van der Waals surface area contributed by atoms with E-state index in [1.807, 2.05) is 30.5 Å². The van der Waals surface area contributed by atoms with Crippen LogP contribution in [0.1, 0.15) is 63.2 Å². The van der Waals surface area contributed by atoms with E-state index in [1.165, 1.54) is 12.3 Å². The number of H-pyrrole nitrogens is 1. The quantitative estimate of drug-likeness (QED) is 0.577. The molecule has 2 unspecified atom stereocenters. The van der Waals surface area contributed by atoms with Crippen molar-refractivity contribution in [2.45, 2.75) is 52.5 Å². The van der Waals surface area contributed by atoms with Crippen LogP contribution < -0.4 is 5.73 Å². The number of aromatic nitrogens is 3. The number of nitrogens with two attached hydrogens (primary N) is 1. The van der Waals surface area contributed by atoms with Crippen LogP contribution in [0.15, 0.2) is 48.8 Å². The molecule has 2 aromatic heterocycles. The number of hydrogen-bond donors (Lipinski definition) is 2. The lowest BCUT2D eigenvalue weighted by atomic mass is 9.85. The summed E-state index contributed by atoms with van der Waals surface area (Å²) in [6.45, 7) is 8.83. The van der Waals surface area contributed by atoms with E-state index in [0.717, 1.165) is 41.2 Å². The van der Waals surface area contributed by atoms with Gasteiger partial charge in [-0.2, -0.15) is 0 Å². The number of rotatable bonds is 7. The molecule has 2 heterocycles. The van der Waals surface area contributed by atoms with Crippen LogP contribution in [-0.4, -0.2) is 15.0 Å². The van der Waals surface area contributed by atoms with Gasteiger partial charge >= 0.3 is 0 Å². The first-order valence-corrected chi connectivity index (χ1v) is 9.80. The van der Waals surface area contributed by atoms with Gasteiger partial charge in [0, 0.05) is 29.4 Å². The van der Waals surface area contributed by atoms with Gasteiger partial charge in [0.2, 0.25) is 0 Å². The Morgan fingerprint density at radius 3 is 2.39 bits per heavy atom. The SMILES string of the molecule is CCC(C)(C)Cc1cnc(C(C)C(N)c2ccc(-c3ccc(F)cn3)cc2)[nH]1. The fraction of sp³-hybridized carbons (Fsp3) is 0.391. The van der Waals surface area contributed by atoms with Crippen molar-refractivity contribution in [2.24, 2.45) is 11.1 Å². The van der Waals surface area contributed by atoms with Gasteiger partial charge in [0.05, 0.1) is 11.9 Å². The molecule has 0 radical (unpaired) electrons. The highest BCUT2D eigenvalue weighted by Gasteiger charge is 2.22. The fourth-order valence-corrected chi connectivity index (χ4v) is 3.22. The first-order valence-electron chi connectivity index (χ1n) is 9.80. The minimum Gasteiger partial charge on any atom is -0.346 e. The molecule has 0 aliphatic carbocycles. The van der Waals surface area contributed by atoms with E-state index in [2.05, 4.69) is 42.6 Å². The van der Waals surface area contributed by atoms with E-state index < -0.39 is 0 Å². The van der Waals surface area contributed by atoms with Crippen LogP contribution in [-0.2, 0) is 6.42 Å². The van der Waals surface area contributed by atoms with Gasteiger partial charge in [-0.05, 0) is 29.5 Å². The van der Waals surface area contributed by atoms with Gasteiger partial charge in [-0.25, -0.2) is 9.37 Å². The summed E-state index contributed by atoms with van der Waals surface area (Å²) in [5.74, 6) is 0.642. The number of pyridine rings is 1. The van der Waals surface area contributed by atoms with Crippen LogP contribution in [0.25, 0.3) is 11.3 Å². The summed E-state index contributed by atoms with van der Waals surface area (Å²) in [7, 11) is 0. The molecule has 1 aromatic carbocycles. The fourth-order valence-electron chi connectivity index (χ4n) is 3.22. The van der Waals surface area contributed by atoms with Crippen molar-refractivity contribution in [3.63, 3.8) is 0 Å². The van der Waals surface area contributed by atoms with E-state index in [9.17, 15) is 4.39 Å². The summed E-state index contributed by atoms with van der Waals surface area (Å²) >= 11 is 0. The van der Waals surface area contributed by atoms with Crippen molar-refractivity contribution in [2.75, 3.05) is 0 Å². The first-order chi connectivity index (χ1) is 13.3. The topological polar surface area (TPSA) is 67.6 Å². The summed E-state index contributed by atoms with van der Waals surface area (Å²) in [5.41, 5.74) is 10.6. The Hall–Kier alpha value is -2.53. The molecule has 0 saturated carbocycles. The van der Waals surface area contributed by atoms with Crippen LogP contribution in [0.5, 0.6) is 0 Å². The number of nitrogens with one attached hydrogen (secondary N) is 1. The molecule has 0 bridgehead atoms. The van der Waals surface area contributed by atoms with Crippen LogP contribution >= 0.6 is 0 Å². The number of aromatic amines is 1. The smallest absolute Gasteiger partial charge is 0.141 e. The van der Waals surface area contributed by atoms with Gasteiger partial charge in [0.15, 0.2) is 0 Å². The van der Waals surface area contributed by atoms with Gasteiger partial charge in [0.25, 0.3) is 0 Å². The maximum Gasteiger partial charge on any atom is 0.141 e. The molecule has 0 aliphatic rings. The number of halogens is 1. The molecule has 148 valence electrons. The van der Waals surface area contributed by atoms with Crippen LogP contribution in [0.4, 0.5) is 4.39 Å². The van der Waals surface area contributed by atoms with Gasteiger partial charge in [-0.3, -0.25) is 4.98 Å². The van der Waals surface area contributed by atoms with Gasteiger partial charge in [-0.15, -0.1) is 0 Å². The third-order valence-electron chi connectivity index (χ3n) is 5.56. The molecule has 0 amide bonds. The van der Waals surface area contributed by atoms with Crippen molar-refractivity contribution in [3.8, 4) is 11.3 Å². The minimum absolute atomic E-state index is 0.0632. The Kier molecular flexibility index (Phi) is 5.94. The average Bonchev–Trinajstić information content (AvgIpc) is 3.15. The molecule has 0 fully saturated rings. The second-order valence-electron chi connectivity index (χ2n) is 8.29. The van der Waals surface area contributed by atoms with E-state index in [-0.39, 0.29) is 23.2 Å². The van der Waals surface area contributed by atoms with Crippen molar-refractivity contribution in [3.05, 3.63) is 71.7 Å². The number of hydrogen-bond acceptors (Lipinski definition) is 3. The maximum absolute atomic E-state index is 13.0. The zero-order valence-corrected chi connectivity index (χ0v) is 17.0. The van der Waals surface area contributed by atoms with Crippen molar-refractivity contribution in [1.82, 2.24) is 15.0 Å². The highest BCUT2D eigenvalue weighted by Crippen LogP contribution is 2.30. The number of nitrogens with zero attached hydrogens (tertiary/aromatic N) is 2. The largest absolute Gasteiger partial charge is 0.346 e. The first kappa shape index (κ1) is 20.2. The van der Waals surface area contributed by atoms with E-state index in [4.69, 9.17) is 5.73 Å². The highest BCUT2D eigenvalue weighted by molar-refractivity contribution is 5.59. The van der Waals surface area contributed by atoms with E-state index in [0.29, 0.717) is 0 Å². The second kappa shape index (κ2) is 8.23. The van der Waals surface area contributed by atoms with Gasteiger partial charge in [-0.1, -0.05) is 58.4 Å². The highest BCUT2D eigenvalue weighted by atomic mass is 19.1. The minimum atomic E-state index is -0.337. The van der Waals surface area contributed by atoms with Crippen LogP contribution in [0, 0.1) is 11.2 Å². The normalized spacial score (nSPS) is 14.1. The molecule has 3 rings (SSSR count). The molecular formula is C23H29FN4. The molecule has 0 saturated heterocycles. The van der Waals surface area contributed by atoms with Gasteiger partial charge in [0.1, 0.15) is 11.6 Å². The summed E-state index contributed by atoms with van der Waals surface area (Å²) in [6.07, 6.45) is 5.24. The molecule has 0 aliphatic heterocycles. The summed E-state index contributed by atoms with van der Waals surface area (Å²) in [5, 5.41) is 0. The standard InChI is InChI=1S/C23H29FN4/c1-5-23(3,4)12-19-14-27-22(28-19)15(2)21(25)17-8-6-16(7-9-17)20-11-10-18(24)13-26-20/h6-11,13-15,21H,5,12,25H2,1-4H3,(H,27,28). The molecule has 4 nitrogen and oxygen atoms in total. The molecule has 3 N–H and O–H groups in total. The summed E-state index contributed by atoms with van der Waals surface area (Å²) in [4.78, 5) is 12.2. The lowest BCUT2D eigenvalue weighted by Crippen LogP contribution is -2.19.